The third kappa shape index (κ3) is 1.39. The van der Waals surface area contributed by atoms with Crippen molar-refractivity contribution in [1.29, 1.82) is 0 Å². The second kappa shape index (κ2) is 3.23. The van der Waals surface area contributed by atoms with Gasteiger partial charge in [-0.05, 0) is 13.8 Å². The van der Waals surface area contributed by atoms with E-state index in [1.54, 1.807) is 0 Å². The normalized spacial score (nSPS) is 40.2. The molecule has 0 saturated carbocycles. The number of likely N-dealkylation sites (tertiary alicyclic amines) is 1. The van der Waals surface area contributed by atoms with Gasteiger partial charge in [-0.25, -0.2) is 0 Å². The van der Waals surface area contributed by atoms with E-state index in [9.17, 15) is 0 Å². The van der Waals surface area contributed by atoms with E-state index in [2.05, 4.69) is 18.7 Å². The highest BCUT2D eigenvalue weighted by Crippen LogP contribution is 2.40. The molecule has 0 aromatic rings. The number of hydrogen-bond acceptors (Lipinski definition) is 3. The Labute approximate surface area is 80.2 Å². The molecular formula is C10H20N2O. The summed E-state index contributed by atoms with van der Waals surface area (Å²) in [6.45, 7) is 9.39. The van der Waals surface area contributed by atoms with Crippen LogP contribution < -0.4 is 5.73 Å². The molecule has 0 bridgehead atoms. The van der Waals surface area contributed by atoms with Crippen molar-refractivity contribution in [2.24, 2.45) is 17.1 Å². The highest BCUT2D eigenvalue weighted by Gasteiger charge is 2.49. The van der Waals surface area contributed by atoms with E-state index in [4.69, 9.17) is 10.5 Å². The van der Waals surface area contributed by atoms with Crippen LogP contribution in [0.25, 0.3) is 0 Å². The zero-order valence-corrected chi connectivity index (χ0v) is 8.62. The van der Waals surface area contributed by atoms with Gasteiger partial charge in [0.05, 0.1) is 13.2 Å². The van der Waals surface area contributed by atoms with Crippen LogP contribution >= 0.6 is 0 Å². The van der Waals surface area contributed by atoms with Gasteiger partial charge in [-0.15, -0.1) is 0 Å². The zero-order chi connectivity index (χ0) is 9.47. The smallest absolute Gasteiger partial charge is 0.0551 e. The molecule has 0 spiro atoms. The van der Waals surface area contributed by atoms with Crippen molar-refractivity contribution < 1.29 is 4.74 Å². The maximum atomic E-state index is 5.87. The molecule has 0 aromatic heterocycles. The molecule has 13 heavy (non-hydrogen) atoms. The van der Waals surface area contributed by atoms with Crippen molar-refractivity contribution in [1.82, 2.24) is 4.90 Å². The molecular weight excluding hydrogens is 164 g/mol. The molecule has 2 rings (SSSR count). The maximum absolute atomic E-state index is 5.87. The Balaban J connectivity index is 2.09. The Kier molecular flexibility index (Phi) is 2.34. The summed E-state index contributed by atoms with van der Waals surface area (Å²) in [5.41, 5.74) is 6.15. The summed E-state index contributed by atoms with van der Waals surface area (Å²) in [6.07, 6.45) is 0. The monoisotopic (exact) mass is 184 g/mol. The summed E-state index contributed by atoms with van der Waals surface area (Å²) in [6, 6.07) is 0.647. The van der Waals surface area contributed by atoms with E-state index < -0.39 is 0 Å². The van der Waals surface area contributed by atoms with Crippen LogP contribution in [0.5, 0.6) is 0 Å². The van der Waals surface area contributed by atoms with Crippen molar-refractivity contribution in [2.75, 3.05) is 32.8 Å². The minimum Gasteiger partial charge on any atom is -0.380 e. The lowest BCUT2D eigenvalue weighted by molar-refractivity contribution is 0.122. The lowest BCUT2D eigenvalue weighted by Gasteiger charge is -2.26. The van der Waals surface area contributed by atoms with Crippen LogP contribution in [0.4, 0.5) is 0 Å². The van der Waals surface area contributed by atoms with Gasteiger partial charge in [0, 0.05) is 37.0 Å². The second-order valence-electron chi connectivity index (χ2n) is 4.80. The van der Waals surface area contributed by atoms with Gasteiger partial charge < -0.3 is 10.5 Å². The van der Waals surface area contributed by atoms with E-state index in [1.807, 2.05) is 0 Å². The van der Waals surface area contributed by atoms with Crippen molar-refractivity contribution in [2.45, 2.75) is 19.9 Å². The molecule has 2 fully saturated rings. The molecule has 0 amide bonds. The topological polar surface area (TPSA) is 38.5 Å². The van der Waals surface area contributed by atoms with Crippen LogP contribution in [-0.2, 0) is 4.74 Å². The molecule has 76 valence electrons. The van der Waals surface area contributed by atoms with E-state index >= 15 is 0 Å². The van der Waals surface area contributed by atoms with E-state index in [-0.39, 0.29) is 5.41 Å². The average molecular weight is 184 g/mol. The molecule has 1 unspecified atom stereocenters. The number of rotatable bonds is 2. The molecule has 3 heteroatoms. The third-order valence-corrected chi connectivity index (χ3v) is 3.68. The first-order valence-electron chi connectivity index (χ1n) is 5.20. The number of fused-ring (bicyclic) bond motifs is 1. The molecule has 2 N–H and O–H groups in total. The van der Waals surface area contributed by atoms with Gasteiger partial charge in [-0.1, -0.05) is 0 Å². The predicted molar refractivity (Wildman–Crippen MR) is 52.5 cm³/mol. The first-order chi connectivity index (χ1) is 6.18. The standard InChI is InChI=1S/C10H20N2O/c1-8(2)12-3-9-4-13-7-10(9,5-11)6-12/h8-9H,3-7,11H2,1-2H3/t9?,10-/m1/s1. The Hall–Kier alpha value is -0.120. The average Bonchev–Trinajstić information content (AvgIpc) is 2.58. The van der Waals surface area contributed by atoms with Crippen molar-refractivity contribution in [3.8, 4) is 0 Å². The van der Waals surface area contributed by atoms with Gasteiger partial charge in [-0.3, -0.25) is 4.90 Å². The summed E-state index contributed by atoms with van der Waals surface area (Å²) in [4.78, 5) is 2.53. The van der Waals surface area contributed by atoms with Gasteiger partial charge in [0.1, 0.15) is 0 Å². The van der Waals surface area contributed by atoms with Crippen LogP contribution in [-0.4, -0.2) is 43.8 Å². The summed E-state index contributed by atoms with van der Waals surface area (Å²) in [5, 5.41) is 0. The van der Waals surface area contributed by atoms with Crippen LogP contribution in [0.3, 0.4) is 0 Å². The van der Waals surface area contributed by atoms with Crippen LogP contribution in [0.2, 0.25) is 0 Å². The molecule has 3 nitrogen and oxygen atoms in total. The maximum Gasteiger partial charge on any atom is 0.0551 e. The quantitative estimate of drug-likeness (QED) is 0.671. The first-order valence-corrected chi connectivity index (χ1v) is 5.20. The van der Waals surface area contributed by atoms with E-state index in [0.29, 0.717) is 12.0 Å². The molecule has 2 atom stereocenters. The summed E-state index contributed by atoms with van der Waals surface area (Å²) >= 11 is 0. The molecule has 2 aliphatic rings. The van der Waals surface area contributed by atoms with Gasteiger partial charge in [0.15, 0.2) is 0 Å². The third-order valence-electron chi connectivity index (χ3n) is 3.68. The van der Waals surface area contributed by atoms with Gasteiger partial charge in [-0.2, -0.15) is 0 Å². The highest BCUT2D eigenvalue weighted by atomic mass is 16.5. The number of hydrogen-bond donors (Lipinski definition) is 1. The van der Waals surface area contributed by atoms with Crippen molar-refractivity contribution in [3.05, 3.63) is 0 Å². The van der Waals surface area contributed by atoms with Crippen molar-refractivity contribution >= 4 is 0 Å². The lowest BCUT2D eigenvalue weighted by atomic mass is 9.81. The minimum atomic E-state index is 0.282. The predicted octanol–water partition coefficient (Wildman–Crippen LogP) is 0.302. The van der Waals surface area contributed by atoms with Crippen LogP contribution in [0.15, 0.2) is 0 Å². The summed E-state index contributed by atoms with van der Waals surface area (Å²) in [7, 11) is 0. The largest absolute Gasteiger partial charge is 0.380 e. The lowest BCUT2D eigenvalue weighted by Crippen LogP contribution is -2.39. The van der Waals surface area contributed by atoms with Gasteiger partial charge in [0.25, 0.3) is 0 Å². The van der Waals surface area contributed by atoms with Crippen LogP contribution in [0.1, 0.15) is 13.8 Å². The number of ether oxygens (including phenoxy) is 1. The second-order valence-corrected chi connectivity index (χ2v) is 4.80. The SMILES string of the molecule is CC(C)N1CC2COC[C@@]2(CN)C1. The van der Waals surface area contributed by atoms with E-state index in [1.165, 1.54) is 6.54 Å². The Morgan fingerprint density at radius 1 is 1.62 bits per heavy atom. The summed E-state index contributed by atoms with van der Waals surface area (Å²) < 4.78 is 5.53. The van der Waals surface area contributed by atoms with Gasteiger partial charge in [0.2, 0.25) is 0 Å². The number of nitrogens with zero attached hydrogens (tertiary/aromatic N) is 1. The first kappa shape index (κ1) is 9.44. The fourth-order valence-corrected chi connectivity index (χ4v) is 2.56. The molecule has 2 heterocycles. The summed E-state index contributed by atoms with van der Waals surface area (Å²) in [5.74, 6) is 0.680. The Morgan fingerprint density at radius 3 is 2.92 bits per heavy atom. The molecule has 0 aromatic carbocycles. The highest BCUT2D eigenvalue weighted by molar-refractivity contribution is 5.01. The fourth-order valence-electron chi connectivity index (χ4n) is 2.56. The van der Waals surface area contributed by atoms with Gasteiger partial charge >= 0.3 is 0 Å². The number of nitrogens with two attached hydrogens (primary N) is 1. The Bertz CT molecular complexity index is 195. The van der Waals surface area contributed by atoms with Crippen LogP contribution in [0, 0.1) is 11.3 Å². The zero-order valence-electron chi connectivity index (χ0n) is 8.62. The Morgan fingerprint density at radius 2 is 2.38 bits per heavy atom. The molecule has 2 saturated heterocycles. The van der Waals surface area contributed by atoms with E-state index in [0.717, 1.165) is 26.3 Å². The minimum absolute atomic E-state index is 0.282. The molecule has 2 aliphatic heterocycles. The molecule has 0 aliphatic carbocycles. The fraction of sp³-hybridized carbons (Fsp3) is 1.00. The van der Waals surface area contributed by atoms with Crippen molar-refractivity contribution in [3.63, 3.8) is 0 Å². The molecule has 0 radical (unpaired) electrons.